The third-order valence-electron chi connectivity index (χ3n) is 4.61. The van der Waals surface area contributed by atoms with E-state index in [-0.39, 0.29) is 11.8 Å². The number of hydrogen-bond donors (Lipinski definition) is 1. The Morgan fingerprint density at radius 3 is 2.78 bits per heavy atom. The smallest absolute Gasteiger partial charge is 0.223 e. The van der Waals surface area contributed by atoms with E-state index >= 15 is 0 Å². The maximum Gasteiger partial charge on any atom is 0.223 e. The Bertz CT molecular complexity index is 496. The minimum Gasteiger partial charge on any atom is -0.497 e. The molecule has 1 amide bonds. The van der Waals surface area contributed by atoms with Crippen LogP contribution in [0.25, 0.3) is 0 Å². The van der Waals surface area contributed by atoms with Crippen molar-refractivity contribution in [1.82, 2.24) is 10.2 Å². The molecule has 1 atom stereocenters. The number of rotatable bonds is 7. The molecule has 1 aliphatic rings. The summed E-state index contributed by atoms with van der Waals surface area (Å²) in [7, 11) is 1.70. The van der Waals surface area contributed by atoms with Gasteiger partial charge in [-0.05, 0) is 57.0 Å². The van der Waals surface area contributed by atoms with Gasteiger partial charge in [-0.1, -0.05) is 25.5 Å². The normalized spacial score (nSPS) is 17.7. The third kappa shape index (κ3) is 5.54. The average molecular weight is 318 g/mol. The Kier molecular flexibility index (Phi) is 6.90. The van der Waals surface area contributed by atoms with Crippen molar-refractivity contribution >= 4 is 5.91 Å². The van der Waals surface area contributed by atoms with Gasteiger partial charge in [-0.25, -0.2) is 0 Å². The minimum atomic E-state index is 0.177. The predicted molar refractivity (Wildman–Crippen MR) is 93.5 cm³/mol. The van der Waals surface area contributed by atoms with Crippen molar-refractivity contribution in [3.8, 4) is 5.75 Å². The van der Waals surface area contributed by atoms with Crippen LogP contribution in [0.1, 0.15) is 45.1 Å². The first-order valence-corrected chi connectivity index (χ1v) is 8.78. The Labute approximate surface area is 140 Å². The SMILES string of the molecule is CCCC(C)NC(=O)C1CCN(Cc2cccc(OC)c2)CC1. The molecule has 1 fully saturated rings. The molecule has 1 saturated heterocycles. The summed E-state index contributed by atoms with van der Waals surface area (Å²) in [5, 5.41) is 3.16. The Morgan fingerprint density at radius 1 is 1.39 bits per heavy atom. The van der Waals surface area contributed by atoms with Crippen molar-refractivity contribution < 1.29 is 9.53 Å². The Morgan fingerprint density at radius 2 is 2.13 bits per heavy atom. The summed E-state index contributed by atoms with van der Waals surface area (Å²) in [6, 6.07) is 8.52. The Balaban J connectivity index is 1.78. The highest BCUT2D eigenvalue weighted by atomic mass is 16.5. The molecule has 0 aliphatic carbocycles. The third-order valence-corrected chi connectivity index (χ3v) is 4.61. The zero-order valence-electron chi connectivity index (χ0n) is 14.7. The van der Waals surface area contributed by atoms with Crippen LogP contribution in [0.3, 0.4) is 0 Å². The monoisotopic (exact) mass is 318 g/mol. The van der Waals surface area contributed by atoms with Crippen molar-refractivity contribution in [1.29, 1.82) is 0 Å². The van der Waals surface area contributed by atoms with E-state index in [0.717, 1.165) is 51.1 Å². The second-order valence-electron chi connectivity index (χ2n) is 6.60. The van der Waals surface area contributed by atoms with E-state index in [1.54, 1.807) is 7.11 Å². The van der Waals surface area contributed by atoms with E-state index in [1.165, 1.54) is 5.56 Å². The first kappa shape index (κ1) is 17.8. The lowest BCUT2D eigenvalue weighted by Gasteiger charge is -2.32. The lowest BCUT2D eigenvalue weighted by atomic mass is 9.95. The van der Waals surface area contributed by atoms with Crippen LogP contribution < -0.4 is 10.1 Å². The van der Waals surface area contributed by atoms with E-state index in [9.17, 15) is 4.79 Å². The van der Waals surface area contributed by atoms with Gasteiger partial charge in [0.05, 0.1) is 7.11 Å². The minimum absolute atomic E-state index is 0.177. The van der Waals surface area contributed by atoms with E-state index in [1.807, 2.05) is 12.1 Å². The van der Waals surface area contributed by atoms with Gasteiger partial charge in [0.25, 0.3) is 0 Å². The van der Waals surface area contributed by atoms with Crippen LogP contribution in [0.5, 0.6) is 5.75 Å². The molecule has 1 aliphatic heterocycles. The van der Waals surface area contributed by atoms with Gasteiger partial charge in [0.15, 0.2) is 0 Å². The number of ether oxygens (including phenoxy) is 1. The molecule has 0 aromatic heterocycles. The fourth-order valence-corrected chi connectivity index (χ4v) is 3.25. The van der Waals surface area contributed by atoms with Crippen LogP contribution in [-0.4, -0.2) is 37.0 Å². The number of hydrogen-bond acceptors (Lipinski definition) is 3. The summed E-state index contributed by atoms with van der Waals surface area (Å²) in [6.07, 6.45) is 4.07. The summed E-state index contributed by atoms with van der Waals surface area (Å²) in [5.41, 5.74) is 1.27. The number of nitrogens with one attached hydrogen (secondary N) is 1. The van der Waals surface area contributed by atoms with Gasteiger partial charge in [-0.3, -0.25) is 9.69 Å². The number of methoxy groups -OCH3 is 1. The Hall–Kier alpha value is -1.55. The zero-order chi connectivity index (χ0) is 16.7. The highest BCUT2D eigenvalue weighted by molar-refractivity contribution is 5.79. The van der Waals surface area contributed by atoms with Crippen molar-refractivity contribution in [2.45, 2.75) is 52.1 Å². The van der Waals surface area contributed by atoms with Crippen molar-refractivity contribution in [3.05, 3.63) is 29.8 Å². The van der Waals surface area contributed by atoms with Gasteiger partial charge < -0.3 is 10.1 Å². The van der Waals surface area contributed by atoms with Crippen molar-refractivity contribution in [3.63, 3.8) is 0 Å². The molecule has 128 valence electrons. The second kappa shape index (κ2) is 8.92. The molecule has 1 aromatic rings. The topological polar surface area (TPSA) is 41.6 Å². The zero-order valence-corrected chi connectivity index (χ0v) is 14.7. The predicted octanol–water partition coefficient (Wildman–Crippen LogP) is 3.21. The average Bonchev–Trinajstić information content (AvgIpc) is 2.56. The van der Waals surface area contributed by atoms with Gasteiger partial charge in [0.2, 0.25) is 5.91 Å². The van der Waals surface area contributed by atoms with Crippen LogP contribution in [0.4, 0.5) is 0 Å². The molecule has 0 bridgehead atoms. The molecule has 4 nitrogen and oxygen atoms in total. The molecular formula is C19H30N2O2. The number of likely N-dealkylation sites (tertiary alicyclic amines) is 1. The highest BCUT2D eigenvalue weighted by Gasteiger charge is 2.25. The van der Waals surface area contributed by atoms with Crippen molar-refractivity contribution in [2.75, 3.05) is 20.2 Å². The van der Waals surface area contributed by atoms with Gasteiger partial charge in [0.1, 0.15) is 5.75 Å². The molecule has 23 heavy (non-hydrogen) atoms. The largest absolute Gasteiger partial charge is 0.497 e. The van der Waals surface area contributed by atoms with Crippen LogP contribution in [-0.2, 0) is 11.3 Å². The lowest BCUT2D eigenvalue weighted by Crippen LogP contribution is -2.42. The summed E-state index contributed by atoms with van der Waals surface area (Å²) in [6.45, 7) is 7.14. The van der Waals surface area contributed by atoms with E-state index < -0.39 is 0 Å². The molecule has 1 aromatic carbocycles. The lowest BCUT2D eigenvalue weighted by molar-refractivity contribution is -0.127. The number of amides is 1. The first-order valence-electron chi connectivity index (χ1n) is 8.78. The number of benzene rings is 1. The molecule has 1 N–H and O–H groups in total. The molecule has 1 unspecified atom stereocenters. The second-order valence-corrected chi connectivity index (χ2v) is 6.60. The molecule has 1 heterocycles. The van der Waals surface area contributed by atoms with E-state index in [4.69, 9.17) is 4.74 Å². The van der Waals surface area contributed by atoms with E-state index in [2.05, 4.69) is 36.2 Å². The fourth-order valence-electron chi connectivity index (χ4n) is 3.25. The molecule has 0 saturated carbocycles. The first-order chi connectivity index (χ1) is 11.1. The summed E-state index contributed by atoms with van der Waals surface area (Å²) in [5.74, 6) is 1.32. The quantitative estimate of drug-likeness (QED) is 0.839. The summed E-state index contributed by atoms with van der Waals surface area (Å²) < 4.78 is 5.28. The number of nitrogens with zero attached hydrogens (tertiary/aromatic N) is 1. The van der Waals surface area contributed by atoms with Gasteiger partial charge in [-0.2, -0.15) is 0 Å². The number of carbonyl (C=O) groups excluding carboxylic acids is 1. The maximum atomic E-state index is 12.3. The standard InChI is InChI=1S/C19H30N2O2/c1-4-6-15(2)20-19(22)17-9-11-21(12-10-17)14-16-7-5-8-18(13-16)23-3/h5,7-8,13,15,17H,4,6,9-12,14H2,1-3H3,(H,20,22). The summed E-state index contributed by atoms with van der Waals surface area (Å²) >= 11 is 0. The molecule has 0 radical (unpaired) electrons. The van der Waals surface area contributed by atoms with Crippen molar-refractivity contribution in [2.24, 2.45) is 5.92 Å². The van der Waals surface area contributed by atoms with Gasteiger partial charge in [0, 0.05) is 18.5 Å². The van der Waals surface area contributed by atoms with Crippen LogP contribution >= 0.6 is 0 Å². The molecular weight excluding hydrogens is 288 g/mol. The van der Waals surface area contributed by atoms with Crippen LogP contribution in [0.2, 0.25) is 0 Å². The van der Waals surface area contributed by atoms with Gasteiger partial charge in [-0.15, -0.1) is 0 Å². The van der Waals surface area contributed by atoms with E-state index in [0.29, 0.717) is 6.04 Å². The van der Waals surface area contributed by atoms with Gasteiger partial charge >= 0.3 is 0 Å². The summed E-state index contributed by atoms with van der Waals surface area (Å²) in [4.78, 5) is 14.7. The van der Waals surface area contributed by atoms with Crippen LogP contribution in [0, 0.1) is 5.92 Å². The molecule has 0 spiro atoms. The fraction of sp³-hybridized carbons (Fsp3) is 0.632. The number of piperidine rings is 1. The molecule has 4 heteroatoms. The molecule has 2 rings (SSSR count). The maximum absolute atomic E-state index is 12.3. The number of carbonyl (C=O) groups is 1. The highest BCUT2D eigenvalue weighted by Crippen LogP contribution is 2.21. The van der Waals surface area contributed by atoms with Crippen LogP contribution in [0.15, 0.2) is 24.3 Å².